The third-order valence-electron chi connectivity index (χ3n) is 5.72. The van der Waals surface area contributed by atoms with Crippen molar-refractivity contribution in [3.63, 3.8) is 0 Å². The maximum atomic E-state index is 13.4. The van der Waals surface area contributed by atoms with Gasteiger partial charge in [-0.2, -0.15) is 4.31 Å². The van der Waals surface area contributed by atoms with Gasteiger partial charge in [-0.1, -0.05) is 64.5 Å². The van der Waals surface area contributed by atoms with Gasteiger partial charge in [0.1, 0.15) is 0 Å². The maximum Gasteiger partial charge on any atom is 0.243 e. The minimum atomic E-state index is -3.85. The van der Waals surface area contributed by atoms with Crippen molar-refractivity contribution in [3.8, 4) is 0 Å². The Labute approximate surface area is 203 Å². The normalized spacial score (nSPS) is 14.5. The van der Waals surface area contributed by atoms with E-state index in [2.05, 4.69) is 33.0 Å². The first-order valence-corrected chi connectivity index (χ1v) is 13.0. The summed E-state index contributed by atoms with van der Waals surface area (Å²) in [6, 6.07) is 26.0. The van der Waals surface area contributed by atoms with Crippen molar-refractivity contribution in [2.75, 3.05) is 37.6 Å². The molecule has 172 valence electrons. The summed E-state index contributed by atoms with van der Waals surface area (Å²) in [7, 11) is -3.85. The molecule has 3 aromatic carbocycles. The zero-order valence-electron chi connectivity index (χ0n) is 18.2. The van der Waals surface area contributed by atoms with E-state index >= 15 is 0 Å². The molecule has 1 aliphatic rings. The predicted octanol–water partition coefficient (Wildman–Crippen LogP) is 3.99. The zero-order valence-corrected chi connectivity index (χ0v) is 20.6. The lowest BCUT2D eigenvalue weighted by molar-refractivity contribution is -0.131. The summed E-state index contributed by atoms with van der Waals surface area (Å²) < 4.78 is 28.9. The molecule has 0 bridgehead atoms. The Kier molecular flexibility index (Phi) is 7.47. The average Bonchev–Trinajstić information content (AvgIpc) is 2.85. The first kappa shape index (κ1) is 23.5. The van der Waals surface area contributed by atoms with Crippen LogP contribution in [0.1, 0.15) is 5.56 Å². The van der Waals surface area contributed by atoms with Gasteiger partial charge in [0.2, 0.25) is 15.9 Å². The average molecular weight is 528 g/mol. The van der Waals surface area contributed by atoms with Gasteiger partial charge in [0.25, 0.3) is 0 Å². The van der Waals surface area contributed by atoms with Crippen LogP contribution in [0.4, 0.5) is 5.69 Å². The molecule has 0 N–H and O–H groups in total. The quantitative estimate of drug-likeness (QED) is 0.466. The van der Waals surface area contributed by atoms with Crippen molar-refractivity contribution in [1.29, 1.82) is 0 Å². The minimum absolute atomic E-state index is 0.134. The number of sulfonamides is 1. The molecule has 3 aromatic rings. The molecule has 1 aliphatic heterocycles. The fraction of sp³-hybridized carbons (Fsp3) is 0.240. The van der Waals surface area contributed by atoms with Crippen molar-refractivity contribution in [2.45, 2.75) is 11.4 Å². The summed E-state index contributed by atoms with van der Waals surface area (Å²) in [5, 5.41) is 0. The molecule has 0 saturated carbocycles. The summed E-state index contributed by atoms with van der Waals surface area (Å²) in [5.74, 6) is -0.181. The van der Waals surface area contributed by atoms with E-state index in [1.807, 2.05) is 48.5 Å². The minimum Gasteiger partial charge on any atom is -0.368 e. The van der Waals surface area contributed by atoms with Crippen LogP contribution in [0.5, 0.6) is 0 Å². The van der Waals surface area contributed by atoms with Gasteiger partial charge in [-0.3, -0.25) is 4.79 Å². The van der Waals surface area contributed by atoms with Gasteiger partial charge >= 0.3 is 0 Å². The summed E-state index contributed by atoms with van der Waals surface area (Å²) in [6.07, 6.45) is 0. The summed E-state index contributed by atoms with van der Waals surface area (Å²) >= 11 is 3.34. The second-order valence-corrected chi connectivity index (χ2v) is 10.8. The SMILES string of the molecule is O=C(CN(Cc1ccccc1)S(=O)(=O)c1ccc(Br)cc1)N1CCN(c2ccccc2)CC1. The number of amides is 1. The molecule has 0 radical (unpaired) electrons. The fourth-order valence-electron chi connectivity index (χ4n) is 3.87. The largest absolute Gasteiger partial charge is 0.368 e. The number of carbonyl (C=O) groups is 1. The number of anilines is 1. The molecule has 0 aromatic heterocycles. The highest BCUT2D eigenvalue weighted by molar-refractivity contribution is 9.10. The fourth-order valence-corrected chi connectivity index (χ4v) is 5.51. The molecular formula is C25H26BrN3O3S. The molecule has 8 heteroatoms. The smallest absolute Gasteiger partial charge is 0.243 e. The first-order valence-electron chi connectivity index (χ1n) is 10.8. The van der Waals surface area contributed by atoms with Crippen LogP contribution in [0, 0.1) is 0 Å². The molecule has 33 heavy (non-hydrogen) atoms. The van der Waals surface area contributed by atoms with E-state index in [1.165, 1.54) is 4.31 Å². The van der Waals surface area contributed by atoms with Gasteiger partial charge in [-0.15, -0.1) is 0 Å². The van der Waals surface area contributed by atoms with E-state index in [9.17, 15) is 13.2 Å². The molecule has 0 atom stereocenters. The van der Waals surface area contributed by atoms with Crippen LogP contribution in [0.15, 0.2) is 94.3 Å². The van der Waals surface area contributed by atoms with Crippen LogP contribution in [-0.4, -0.2) is 56.3 Å². The molecule has 1 fully saturated rings. The second kappa shape index (κ2) is 10.5. The number of hydrogen-bond acceptors (Lipinski definition) is 4. The van der Waals surface area contributed by atoms with Crippen molar-refractivity contribution < 1.29 is 13.2 Å². The predicted molar refractivity (Wildman–Crippen MR) is 133 cm³/mol. The summed E-state index contributed by atoms with van der Waals surface area (Å²) in [4.78, 5) is 17.3. The Morgan fingerprint density at radius 2 is 1.39 bits per heavy atom. The molecule has 4 rings (SSSR count). The molecular weight excluding hydrogens is 502 g/mol. The lowest BCUT2D eigenvalue weighted by atomic mass is 10.2. The summed E-state index contributed by atoms with van der Waals surface area (Å²) in [6.45, 7) is 2.49. The standard InChI is InChI=1S/C25H26BrN3O3S/c26-22-11-13-24(14-12-22)33(31,32)29(19-21-7-3-1-4-8-21)20-25(30)28-17-15-27(16-18-28)23-9-5-2-6-10-23/h1-14H,15-20H2. The first-order chi connectivity index (χ1) is 15.9. The lowest BCUT2D eigenvalue weighted by Crippen LogP contribution is -2.51. The van der Waals surface area contributed by atoms with Crippen molar-refractivity contribution >= 4 is 37.5 Å². The van der Waals surface area contributed by atoms with Crippen molar-refractivity contribution in [3.05, 3.63) is 95.0 Å². The Balaban J connectivity index is 1.49. The van der Waals surface area contributed by atoms with E-state index in [-0.39, 0.29) is 23.9 Å². The van der Waals surface area contributed by atoms with Crippen LogP contribution in [0.3, 0.4) is 0 Å². The van der Waals surface area contributed by atoms with E-state index < -0.39 is 10.0 Å². The second-order valence-electron chi connectivity index (χ2n) is 7.92. The molecule has 1 saturated heterocycles. The number of nitrogens with zero attached hydrogens (tertiary/aromatic N) is 3. The van der Waals surface area contributed by atoms with E-state index in [4.69, 9.17) is 0 Å². The highest BCUT2D eigenvalue weighted by atomic mass is 79.9. The van der Waals surface area contributed by atoms with Gasteiger partial charge < -0.3 is 9.80 Å². The third-order valence-corrected chi connectivity index (χ3v) is 8.05. The number of para-hydroxylation sites is 1. The third kappa shape index (κ3) is 5.82. The zero-order chi connectivity index (χ0) is 23.3. The Hall–Kier alpha value is -2.68. The van der Waals surface area contributed by atoms with Crippen LogP contribution in [0.2, 0.25) is 0 Å². The van der Waals surface area contributed by atoms with Gasteiger partial charge in [-0.25, -0.2) is 8.42 Å². The maximum absolute atomic E-state index is 13.4. The van der Waals surface area contributed by atoms with Gasteiger partial charge in [0.05, 0.1) is 11.4 Å². The Morgan fingerprint density at radius 1 is 0.818 bits per heavy atom. The molecule has 0 spiro atoms. The van der Waals surface area contributed by atoms with Crippen molar-refractivity contribution in [1.82, 2.24) is 9.21 Å². The van der Waals surface area contributed by atoms with Crippen LogP contribution >= 0.6 is 15.9 Å². The van der Waals surface area contributed by atoms with Gasteiger partial charge in [0.15, 0.2) is 0 Å². The molecule has 6 nitrogen and oxygen atoms in total. The Bertz CT molecular complexity index is 1160. The highest BCUT2D eigenvalue weighted by Crippen LogP contribution is 2.22. The van der Waals surface area contributed by atoms with Crippen LogP contribution in [-0.2, 0) is 21.4 Å². The number of halogens is 1. The number of piperazine rings is 1. The molecule has 0 unspecified atom stereocenters. The number of rotatable bonds is 7. The van der Waals surface area contributed by atoms with Crippen molar-refractivity contribution in [2.24, 2.45) is 0 Å². The summed E-state index contributed by atoms with van der Waals surface area (Å²) in [5.41, 5.74) is 1.97. The number of hydrogen-bond donors (Lipinski definition) is 0. The molecule has 1 heterocycles. The lowest BCUT2D eigenvalue weighted by Gasteiger charge is -2.37. The highest BCUT2D eigenvalue weighted by Gasteiger charge is 2.30. The van der Waals surface area contributed by atoms with E-state index in [0.717, 1.165) is 15.7 Å². The number of carbonyl (C=O) groups excluding carboxylic acids is 1. The number of benzene rings is 3. The van der Waals surface area contributed by atoms with Crippen LogP contribution in [0.25, 0.3) is 0 Å². The van der Waals surface area contributed by atoms with E-state index in [0.29, 0.717) is 26.2 Å². The van der Waals surface area contributed by atoms with Gasteiger partial charge in [0, 0.05) is 42.9 Å². The van der Waals surface area contributed by atoms with E-state index in [1.54, 1.807) is 29.2 Å². The van der Waals surface area contributed by atoms with Crippen LogP contribution < -0.4 is 4.90 Å². The monoisotopic (exact) mass is 527 g/mol. The Morgan fingerprint density at radius 3 is 2.00 bits per heavy atom. The topological polar surface area (TPSA) is 60.9 Å². The van der Waals surface area contributed by atoms with Gasteiger partial charge in [-0.05, 0) is 42.0 Å². The molecule has 1 amide bonds. The molecule has 0 aliphatic carbocycles.